The summed E-state index contributed by atoms with van der Waals surface area (Å²) < 4.78 is 4.50. The van der Waals surface area contributed by atoms with Crippen molar-refractivity contribution in [2.45, 2.75) is 18.8 Å². The first-order chi connectivity index (χ1) is 9.90. The molecule has 0 amide bonds. The second-order valence-electron chi connectivity index (χ2n) is 5.39. The van der Waals surface area contributed by atoms with Crippen molar-refractivity contribution in [1.29, 1.82) is 0 Å². The minimum absolute atomic E-state index is 0.651. The van der Waals surface area contributed by atoms with Gasteiger partial charge >= 0.3 is 0 Å². The molecule has 0 radical (unpaired) electrons. The predicted octanol–water partition coefficient (Wildman–Crippen LogP) is 2.14. The van der Waals surface area contributed by atoms with E-state index in [0.717, 1.165) is 37.1 Å². The third-order valence-corrected chi connectivity index (χ3v) is 4.74. The zero-order chi connectivity index (χ0) is 13.4. The van der Waals surface area contributed by atoms with Crippen molar-refractivity contribution < 1.29 is 0 Å². The van der Waals surface area contributed by atoms with Crippen molar-refractivity contribution in [2.75, 3.05) is 36.0 Å². The van der Waals surface area contributed by atoms with E-state index >= 15 is 0 Å². The average molecular weight is 287 g/mol. The summed E-state index contributed by atoms with van der Waals surface area (Å²) in [6, 6.07) is 4.15. The SMILES string of the molecule is c1cc(N2CCN(c3nc(C4CC4)ns3)CC2)ccn1. The first-order valence-electron chi connectivity index (χ1n) is 7.14. The van der Waals surface area contributed by atoms with E-state index in [1.54, 1.807) is 11.5 Å². The highest BCUT2D eigenvalue weighted by Crippen LogP contribution is 2.39. The van der Waals surface area contributed by atoms with Gasteiger partial charge in [-0.05, 0) is 25.0 Å². The molecule has 1 saturated carbocycles. The van der Waals surface area contributed by atoms with Gasteiger partial charge in [0.25, 0.3) is 0 Å². The normalized spacial score (nSPS) is 19.4. The van der Waals surface area contributed by atoms with E-state index < -0.39 is 0 Å². The van der Waals surface area contributed by atoms with Crippen LogP contribution in [0.1, 0.15) is 24.6 Å². The second-order valence-corrected chi connectivity index (χ2v) is 6.12. The number of hydrogen-bond acceptors (Lipinski definition) is 6. The molecular formula is C14H17N5S. The molecule has 3 heterocycles. The Balaban J connectivity index is 1.41. The predicted molar refractivity (Wildman–Crippen MR) is 80.5 cm³/mol. The second kappa shape index (κ2) is 5.01. The standard InChI is InChI=1S/C14H17N5S/c1-2-11(1)13-16-14(20-17-13)19-9-7-18(8-10-19)12-3-5-15-6-4-12/h3-6,11H,1-2,7-10H2. The molecule has 0 spiro atoms. The highest BCUT2D eigenvalue weighted by atomic mass is 32.1. The number of anilines is 2. The van der Waals surface area contributed by atoms with Crippen molar-refractivity contribution in [2.24, 2.45) is 0 Å². The number of rotatable bonds is 3. The molecule has 2 aliphatic rings. The van der Waals surface area contributed by atoms with Crippen LogP contribution in [0, 0.1) is 0 Å². The number of nitrogens with zero attached hydrogens (tertiary/aromatic N) is 5. The monoisotopic (exact) mass is 287 g/mol. The summed E-state index contributed by atoms with van der Waals surface area (Å²) in [6.07, 6.45) is 6.25. The maximum absolute atomic E-state index is 4.70. The van der Waals surface area contributed by atoms with Crippen molar-refractivity contribution in [3.05, 3.63) is 30.4 Å². The fourth-order valence-electron chi connectivity index (χ4n) is 2.57. The molecular weight excluding hydrogens is 270 g/mol. The van der Waals surface area contributed by atoms with E-state index in [-0.39, 0.29) is 0 Å². The molecule has 0 atom stereocenters. The van der Waals surface area contributed by atoms with Gasteiger partial charge in [0.15, 0.2) is 0 Å². The molecule has 20 heavy (non-hydrogen) atoms. The van der Waals surface area contributed by atoms with Gasteiger partial charge in [0.2, 0.25) is 5.13 Å². The summed E-state index contributed by atoms with van der Waals surface area (Å²) in [6.45, 7) is 4.09. The van der Waals surface area contributed by atoms with Gasteiger partial charge in [0.1, 0.15) is 5.82 Å². The van der Waals surface area contributed by atoms with Crippen LogP contribution >= 0.6 is 11.5 Å². The van der Waals surface area contributed by atoms with E-state index in [0.29, 0.717) is 5.92 Å². The zero-order valence-corrected chi connectivity index (χ0v) is 12.1. The first-order valence-corrected chi connectivity index (χ1v) is 7.91. The summed E-state index contributed by atoms with van der Waals surface area (Å²) in [5, 5.41) is 1.10. The van der Waals surface area contributed by atoms with Gasteiger partial charge in [-0.3, -0.25) is 4.98 Å². The Morgan fingerprint density at radius 2 is 1.70 bits per heavy atom. The van der Waals surface area contributed by atoms with Gasteiger partial charge in [-0.15, -0.1) is 0 Å². The Morgan fingerprint density at radius 3 is 2.40 bits per heavy atom. The van der Waals surface area contributed by atoms with Crippen LogP contribution in [-0.2, 0) is 0 Å². The van der Waals surface area contributed by atoms with Gasteiger partial charge in [0, 0.05) is 61.7 Å². The van der Waals surface area contributed by atoms with Gasteiger partial charge < -0.3 is 9.80 Å². The number of aromatic nitrogens is 3. The quantitative estimate of drug-likeness (QED) is 0.865. The van der Waals surface area contributed by atoms with Crippen LogP contribution in [0.2, 0.25) is 0 Å². The number of pyridine rings is 1. The smallest absolute Gasteiger partial charge is 0.205 e. The molecule has 104 valence electrons. The van der Waals surface area contributed by atoms with E-state index in [1.807, 2.05) is 12.4 Å². The third-order valence-electron chi connectivity index (χ3n) is 3.95. The van der Waals surface area contributed by atoms with Crippen LogP contribution in [0.15, 0.2) is 24.5 Å². The maximum Gasteiger partial charge on any atom is 0.205 e. The van der Waals surface area contributed by atoms with Gasteiger partial charge in [-0.1, -0.05) is 0 Å². The minimum Gasteiger partial charge on any atom is -0.368 e. The zero-order valence-electron chi connectivity index (χ0n) is 11.3. The molecule has 0 unspecified atom stereocenters. The summed E-state index contributed by atoms with van der Waals surface area (Å²) in [5.41, 5.74) is 1.26. The molecule has 0 N–H and O–H groups in total. The Kier molecular flexibility index (Phi) is 3.03. The van der Waals surface area contributed by atoms with Crippen LogP contribution in [0.4, 0.5) is 10.8 Å². The van der Waals surface area contributed by atoms with Gasteiger partial charge in [0.05, 0.1) is 0 Å². The van der Waals surface area contributed by atoms with E-state index in [1.165, 1.54) is 18.5 Å². The van der Waals surface area contributed by atoms with E-state index in [4.69, 9.17) is 4.98 Å². The molecule has 6 heteroatoms. The average Bonchev–Trinajstić information content (AvgIpc) is 3.26. The Hall–Kier alpha value is -1.69. The molecule has 2 aromatic rings. The maximum atomic E-state index is 4.70. The fourth-order valence-corrected chi connectivity index (χ4v) is 3.37. The summed E-state index contributed by atoms with van der Waals surface area (Å²) in [4.78, 5) is 13.5. The molecule has 1 saturated heterocycles. The van der Waals surface area contributed by atoms with Crippen molar-refractivity contribution in [1.82, 2.24) is 14.3 Å². The summed E-state index contributed by atoms with van der Waals surface area (Å²) in [7, 11) is 0. The number of hydrogen-bond donors (Lipinski definition) is 0. The largest absolute Gasteiger partial charge is 0.368 e. The molecule has 4 rings (SSSR count). The molecule has 1 aliphatic heterocycles. The van der Waals surface area contributed by atoms with Crippen molar-refractivity contribution >= 4 is 22.4 Å². The first kappa shape index (κ1) is 12.1. The summed E-state index contributed by atoms with van der Waals surface area (Å²) in [5.74, 6) is 1.72. The third kappa shape index (κ3) is 2.35. The Morgan fingerprint density at radius 1 is 1.00 bits per heavy atom. The summed E-state index contributed by atoms with van der Waals surface area (Å²) >= 11 is 1.56. The molecule has 0 aromatic carbocycles. The lowest BCUT2D eigenvalue weighted by Gasteiger charge is -2.35. The van der Waals surface area contributed by atoms with Gasteiger partial charge in [-0.25, -0.2) is 4.98 Å². The van der Waals surface area contributed by atoms with E-state index in [2.05, 4.69) is 31.3 Å². The van der Waals surface area contributed by atoms with Crippen molar-refractivity contribution in [3.8, 4) is 0 Å². The Labute approximate surface area is 122 Å². The molecule has 1 aliphatic carbocycles. The topological polar surface area (TPSA) is 45.2 Å². The lowest BCUT2D eigenvalue weighted by atomic mass is 10.3. The fraction of sp³-hybridized carbons (Fsp3) is 0.500. The van der Waals surface area contributed by atoms with Crippen LogP contribution < -0.4 is 9.80 Å². The van der Waals surface area contributed by atoms with Crippen LogP contribution in [0.3, 0.4) is 0 Å². The molecule has 2 fully saturated rings. The molecule has 5 nitrogen and oxygen atoms in total. The highest BCUT2D eigenvalue weighted by molar-refractivity contribution is 7.09. The molecule has 2 aromatic heterocycles. The van der Waals surface area contributed by atoms with Gasteiger partial charge in [-0.2, -0.15) is 4.37 Å². The lowest BCUT2D eigenvalue weighted by Crippen LogP contribution is -2.46. The molecule has 0 bridgehead atoms. The van der Waals surface area contributed by atoms with Crippen LogP contribution in [-0.4, -0.2) is 40.5 Å². The van der Waals surface area contributed by atoms with E-state index in [9.17, 15) is 0 Å². The lowest BCUT2D eigenvalue weighted by molar-refractivity contribution is 0.651. The van der Waals surface area contributed by atoms with Crippen LogP contribution in [0.25, 0.3) is 0 Å². The minimum atomic E-state index is 0.651. The number of piperazine rings is 1. The van der Waals surface area contributed by atoms with Crippen molar-refractivity contribution in [3.63, 3.8) is 0 Å². The van der Waals surface area contributed by atoms with Crippen LogP contribution in [0.5, 0.6) is 0 Å². The Bertz CT molecular complexity index is 572. The highest BCUT2D eigenvalue weighted by Gasteiger charge is 2.29.